The van der Waals surface area contributed by atoms with Crippen LogP contribution >= 0.6 is 0 Å². The zero-order chi connectivity index (χ0) is 17.5. The molecule has 0 N–H and O–H groups in total. The van der Waals surface area contributed by atoms with E-state index in [1.807, 2.05) is 75.4 Å². The van der Waals surface area contributed by atoms with Crippen LogP contribution in [0.5, 0.6) is 11.5 Å². The Balaban J connectivity index is 0.00000100. The van der Waals surface area contributed by atoms with E-state index in [2.05, 4.69) is 0 Å². The monoisotopic (exact) mass is 324 g/mol. The van der Waals surface area contributed by atoms with Crippen molar-refractivity contribution >= 4 is 17.0 Å². The Bertz CT molecular complexity index is 811. The van der Waals surface area contributed by atoms with E-state index >= 15 is 0 Å². The van der Waals surface area contributed by atoms with Gasteiger partial charge in [-0.1, -0.05) is 26.0 Å². The van der Waals surface area contributed by atoms with Gasteiger partial charge in [0, 0.05) is 16.5 Å². The second-order valence-corrected chi connectivity index (χ2v) is 4.97. The summed E-state index contributed by atoms with van der Waals surface area (Å²) in [5.41, 5.74) is 2.89. The van der Waals surface area contributed by atoms with Gasteiger partial charge in [0.15, 0.2) is 0 Å². The first-order chi connectivity index (χ1) is 11.7. The van der Waals surface area contributed by atoms with Gasteiger partial charge in [0.2, 0.25) is 0 Å². The highest BCUT2D eigenvalue weighted by Gasteiger charge is 2.11. The molecule has 0 saturated heterocycles. The number of rotatable bonds is 4. The minimum absolute atomic E-state index is 0.822. The quantitative estimate of drug-likeness (QED) is 0.574. The molecular weight excluding hydrogens is 300 g/mol. The van der Waals surface area contributed by atoms with E-state index in [-0.39, 0.29) is 0 Å². The molecule has 0 saturated carbocycles. The standard InChI is InChI=1S/C19H18O3.C2H6/c1-4-5-14-10-17(21-3)11-15-12-18(22-19(14)15)13-6-8-16(20-2)9-7-13;1-2/h4-12H,1-3H3;1-2H3/b5-4+;. The molecule has 0 amide bonds. The van der Waals surface area contributed by atoms with Crippen LogP contribution in [0.15, 0.2) is 53.0 Å². The predicted molar refractivity (Wildman–Crippen MR) is 101 cm³/mol. The van der Waals surface area contributed by atoms with E-state index in [1.54, 1.807) is 14.2 Å². The van der Waals surface area contributed by atoms with Crippen molar-refractivity contribution < 1.29 is 13.9 Å². The molecule has 2 aromatic carbocycles. The highest BCUT2D eigenvalue weighted by molar-refractivity contribution is 5.90. The van der Waals surface area contributed by atoms with Crippen LogP contribution in [-0.2, 0) is 0 Å². The fourth-order valence-corrected chi connectivity index (χ4v) is 2.47. The molecule has 1 heterocycles. The Labute approximate surface area is 143 Å². The predicted octanol–water partition coefficient (Wildman–Crippen LogP) is 6.18. The molecule has 3 nitrogen and oxygen atoms in total. The fraction of sp³-hybridized carbons (Fsp3) is 0.238. The first kappa shape index (κ1) is 17.7. The average Bonchev–Trinajstić information content (AvgIpc) is 3.08. The van der Waals surface area contributed by atoms with Gasteiger partial charge in [-0.2, -0.15) is 0 Å². The Kier molecular flexibility index (Phi) is 6.07. The van der Waals surface area contributed by atoms with Gasteiger partial charge in [0.25, 0.3) is 0 Å². The van der Waals surface area contributed by atoms with Crippen LogP contribution in [0.25, 0.3) is 28.4 Å². The van der Waals surface area contributed by atoms with Gasteiger partial charge < -0.3 is 13.9 Å². The minimum Gasteiger partial charge on any atom is -0.497 e. The molecule has 0 spiro atoms. The number of methoxy groups -OCH3 is 2. The van der Waals surface area contributed by atoms with Crippen molar-refractivity contribution in [2.24, 2.45) is 0 Å². The van der Waals surface area contributed by atoms with Gasteiger partial charge in [0.1, 0.15) is 22.8 Å². The smallest absolute Gasteiger partial charge is 0.142 e. The zero-order valence-corrected chi connectivity index (χ0v) is 14.9. The molecule has 24 heavy (non-hydrogen) atoms. The fourth-order valence-electron chi connectivity index (χ4n) is 2.47. The van der Waals surface area contributed by atoms with Gasteiger partial charge in [0.05, 0.1) is 14.2 Å². The largest absolute Gasteiger partial charge is 0.497 e. The lowest BCUT2D eigenvalue weighted by Crippen LogP contribution is -1.83. The van der Waals surface area contributed by atoms with E-state index in [0.717, 1.165) is 39.4 Å². The van der Waals surface area contributed by atoms with Crippen LogP contribution in [0.4, 0.5) is 0 Å². The molecule has 0 bridgehead atoms. The third kappa shape index (κ3) is 3.62. The second kappa shape index (κ2) is 8.25. The molecule has 0 radical (unpaired) electrons. The van der Waals surface area contributed by atoms with Crippen molar-refractivity contribution in [2.75, 3.05) is 14.2 Å². The molecule has 3 heteroatoms. The Hall–Kier alpha value is -2.68. The Morgan fingerprint density at radius 1 is 0.875 bits per heavy atom. The Morgan fingerprint density at radius 3 is 2.12 bits per heavy atom. The number of hydrogen-bond donors (Lipinski definition) is 0. The maximum atomic E-state index is 6.06. The summed E-state index contributed by atoms with van der Waals surface area (Å²) in [6, 6.07) is 13.8. The van der Waals surface area contributed by atoms with Crippen molar-refractivity contribution in [2.45, 2.75) is 20.8 Å². The van der Waals surface area contributed by atoms with Crippen molar-refractivity contribution in [3.8, 4) is 22.8 Å². The number of furan rings is 1. The molecule has 3 rings (SSSR count). The molecule has 0 aliphatic heterocycles. The van der Waals surface area contributed by atoms with Crippen molar-refractivity contribution in [1.29, 1.82) is 0 Å². The van der Waals surface area contributed by atoms with Gasteiger partial charge in [-0.15, -0.1) is 0 Å². The summed E-state index contributed by atoms with van der Waals surface area (Å²) in [6.45, 7) is 5.98. The van der Waals surface area contributed by atoms with E-state index in [0.29, 0.717) is 0 Å². The Morgan fingerprint density at radius 2 is 1.54 bits per heavy atom. The SMILES string of the molecule is C/C=C/c1cc(OC)cc2cc(-c3ccc(OC)cc3)oc12.CC. The third-order valence-electron chi connectivity index (χ3n) is 3.57. The molecule has 0 aliphatic rings. The van der Waals surface area contributed by atoms with Crippen LogP contribution in [0.3, 0.4) is 0 Å². The van der Waals surface area contributed by atoms with Crippen molar-refractivity contribution in [3.63, 3.8) is 0 Å². The summed E-state index contributed by atoms with van der Waals surface area (Å²) in [5, 5.41) is 1.03. The number of benzene rings is 2. The normalized spacial score (nSPS) is 10.5. The van der Waals surface area contributed by atoms with Gasteiger partial charge in [-0.3, -0.25) is 0 Å². The zero-order valence-electron chi connectivity index (χ0n) is 14.9. The molecule has 3 aromatic rings. The lowest BCUT2D eigenvalue weighted by atomic mass is 10.1. The number of fused-ring (bicyclic) bond motifs is 1. The third-order valence-corrected chi connectivity index (χ3v) is 3.57. The van der Waals surface area contributed by atoms with E-state index < -0.39 is 0 Å². The molecular formula is C21H24O3. The van der Waals surface area contributed by atoms with Gasteiger partial charge in [-0.05, 0) is 49.4 Å². The van der Waals surface area contributed by atoms with Crippen LogP contribution < -0.4 is 9.47 Å². The second-order valence-electron chi connectivity index (χ2n) is 4.97. The van der Waals surface area contributed by atoms with Crippen LogP contribution in [0, 0.1) is 0 Å². The topological polar surface area (TPSA) is 31.6 Å². The maximum Gasteiger partial charge on any atom is 0.142 e. The maximum absolute atomic E-state index is 6.06. The van der Waals surface area contributed by atoms with E-state index in [9.17, 15) is 0 Å². The highest BCUT2D eigenvalue weighted by atomic mass is 16.5. The summed E-state index contributed by atoms with van der Waals surface area (Å²) >= 11 is 0. The van der Waals surface area contributed by atoms with E-state index in [1.165, 1.54) is 0 Å². The lowest BCUT2D eigenvalue weighted by molar-refractivity contribution is 0.414. The summed E-state index contributed by atoms with van der Waals surface area (Å²) in [7, 11) is 3.33. The van der Waals surface area contributed by atoms with Crippen molar-refractivity contribution in [1.82, 2.24) is 0 Å². The molecule has 0 unspecified atom stereocenters. The average molecular weight is 324 g/mol. The minimum atomic E-state index is 0.822. The summed E-state index contributed by atoms with van der Waals surface area (Å²) in [5.74, 6) is 2.48. The lowest BCUT2D eigenvalue weighted by Gasteiger charge is -2.02. The summed E-state index contributed by atoms with van der Waals surface area (Å²) in [6.07, 6.45) is 4.01. The molecule has 0 atom stereocenters. The number of ether oxygens (including phenoxy) is 2. The van der Waals surface area contributed by atoms with Gasteiger partial charge >= 0.3 is 0 Å². The number of allylic oxidation sites excluding steroid dienone is 1. The summed E-state index contributed by atoms with van der Waals surface area (Å²) < 4.78 is 16.6. The van der Waals surface area contributed by atoms with E-state index in [4.69, 9.17) is 13.9 Å². The van der Waals surface area contributed by atoms with Crippen LogP contribution in [0.1, 0.15) is 26.3 Å². The molecule has 0 aliphatic carbocycles. The highest BCUT2D eigenvalue weighted by Crippen LogP contribution is 2.34. The first-order valence-corrected chi connectivity index (χ1v) is 8.14. The molecule has 0 fully saturated rings. The van der Waals surface area contributed by atoms with Crippen LogP contribution in [-0.4, -0.2) is 14.2 Å². The molecule has 126 valence electrons. The van der Waals surface area contributed by atoms with Crippen molar-refractivity contribution in [3.05, 3.63) is 54.1 Å². The molecule has 1 aromatic heterocycles. The first-order valence-electron chi connectivity index (χ1n) is 8.14. The number of hydrogen-bond acceptors (Lipinski definition) is 3. The summed E-state index contributed by atoms with van der Waals surface area (Å²) in [4.78, 5) is 0. The van der Waals surface area contributed by atoms with Gasteiger partial charge in [-0.25, -0.2) is 0 Å². The van der Waals surface area contributed by atoms with Crippen LogP contribution in [0.2, 0.25) is 0 Å².